The molecular formula is C18H20N2O3. The van der Waals surface area contributed by atoms with Gasteiger partial charge < -0.3 is 14.8 Å². The van der Waals surface area contributed by atoms with Crippen LogP contribution in [0.4, 0.5) is 21.9 Å². The summed E-state index contributed by atoms with van der Waals surface area (Å²) in [4.78, 5) is 13.4. The maximum Gasteiger partial charge on any atom is 0.414 e. The molecular weight excluding hydrogens is 292 g/mol. The van der Waals surface area contributed by atoms with Gasteiger partial charge in [0.2, 0.25) is 0 Å². The highest BCUT2D eigenvalue weighted by atomic mass is 16.6. The normalized spacial score (nSPS) is 15.7. The number of fused-ring (bicyclic) bond motifs is 1. The fraction of sp³-hybridized carbons (Fsp3) is 0.278. The highest BCUT2D eigenvalue weighted by molar-refractivity contribution is 5.91. The maximum absolute atomic E-state index is 11.9. The first-order chi connectivity index (χ1) is 10.9. The lowest BCUT2D eigenvalue weighted by Gasteiger charge is -2.37. The van der Waals surface area contributed by atoms with E-state index in [2.05, 4.69) is 5.32 Å². The van der Waals surface area contributed by atoms with E-state index < -0.39 is 5.60 Å². The zero-order valence-corrected chi connectivity index (χ0v) is 13.7. The Balaban J connectivity index is 1.92. The van der Waals surface area contributed by atoms with Crippen molar-refractivity contribution in [3.63, 3.8) is 0 Å². The number of carbonyl (C=O) groups is 1. The number of nitrogens with zero attached hydrogens (tertiary/aromatic N) is 1. The number of carbonyl (C=O) groups excluding carboxylic acids is 1. The Kier molecular flexibility index (Phi) is 3.64. The van der Waals surface area contributed by atoms with Gasteiger partial charge in [-0.3, -0.25) is 4.90 Å². The molecule has 1 amide bonds. The molecule has 1 aliphatic heterocycles. The summed E-state index contributed by atoms with van der Waals surface area (Å²) < 4.78 is 10.7. The summed E-state index contributed by atoms with van der Waals surface area (Å²) in [5, 5.41) is 3.35. The van der Waals surface area contributed by atoms with Crippen molar-refractivity contribution in [1.29, 1.82) is 0 Å². The van der Waals surface area contributed by atoms with E-state index in [9.17, 15) is 4.79 Å². The minimum absolute atomic E-state index is 0.335. The lowest BCUT2D eigenvalue weighted by molar-refractivity contribution is 0.0362. The summed E-state index contributed by atoms with van der Waals surface area (Å²) in [7, 11) is 3.36. The maximum atomic E-state index is 11.9. The topological polar surface area (TPSA) is 50.8 Å². The third kappa shape index (κ3) is 2.82. The van der Waals surface area contributed by atoms with Crippen LogP contribution < -0.4 is 15.0 Å². The fourth-order valence-electron chi connectivity index (χ4n) is 2.67. The van der Waals surface area contributed by atoms with E-state index in [1.807, 2.05) is 56.3 Å². The predicted octanol–water partition coefficient (Wildman–Crippen LogP) is 4.26. The minimum Gasteiger partial charge on any atom is -0.497 e. The van der Waals surface area contributed by atoms with Crippen LogP contribution in [0.25, 0.3) is 0 Å². The summed E-state index contributed by atoms with van der Waals surface area (Å²) in [6.07, 6.45) is -0.335. The van der Waals surface area contributed by atoms with Gasteiger partial charge in [0.15, 0.2) is 0 Å². The molecule has 2 aromatic carbocycles. The second-order valence-electron chi connectivity index (χ2n) is 6.02. The molecule has 0 aromatic heterocycles. The van der Waals surface area contributed by atoms with Crippen LogP contribution >= 0.6 is 0 Å². The van der Waals surface area contributed by atoms with Crippen molar-refractivity contribution in [2.45, 2.75) is 19.4 Å². The Labute approximate surface area is 135 Å². The second kappa shape index (κ2) is 5.50. The van der Waals surface area contributed by atoms with Gasteiger partial charge in [-0.15, -0.1) is 0 Å². The molecule has 0 bridgehead atoms. The van der Waals surface area contributed by atoms with Crippen LogP contribution in [0.5, 0.6) is 5.75 Å². The fourth-order valence-corrected chi connectivity index (χ4v) is 2.67. The lowest BCUT2D eigenvalue weighted by Crippen LogP contribution is -2.41. The lowest BCUT2D eigenvalue weighted by atomic mass is 9.93. The molecule has 0 aliphatic carbocycles. The van der Waals surface area contributed by atoms with Crippen LogP contribution in [0.2, 0.25) is 0 Å². The summed E-state index contributed by atoms with van der Waals surface area (Å²) in [5.74, 6) is 0.815. The molecule has 23 heavy (non-hydrogen) atoms. The average molecular weight is 312 g/mol. The van der Waals surface area contributed by atoms with Crippen LogP contribution in [0.3, 0.4) is 0 Å². The SMILES string of the molecule is COc1ccc(Nc2ccc3c(c2)C(C)(C)OC(=O)N3C)cc1. The van der Waals surface area contributed by atoms with Crippen molar-refractivity contribution in [2.75, 3.05) is 24.4 Å². The quantitative estimate of drug-likeness (QED) is 0.920. The zero-order valence-electron chi connectivity index (χ0n) is 13.7. The van der Waals surface area contributed by atoms with Gasteiger partial charge in [0.05, 0.1) is 12.8 Å². The predicted molar refractivity (Wildman–Crippen MR) is 90.6 cm³/mol. The van der Waals surface area contributed by atoms with Crippen LogP contribution in [0.1, 0.15) is 19.4 Å². The smallest absolute Gasteiger partial charge is 0.414 e. The Morgan fingerprint density at radius 1 is 1.09 bits per heavy atom. The number of hydrogen-bond donors (Lipinski definition) is 1. The van der Waals surface area contributed by atoms with E-state index in [1.165, 1.54) is 4.90 Å². The van der Waals surface area contributed by atoms with Crippen LogP contribution in [0, 0.1) is 0 Å². The number of anilines is 3. The van der Waals surface area contributed by atoms with Crippen molar-refractivity contribution in [1.82, 2.24) is 0 Å². The van der Waals surface area contributed by atoms with E-state index in [-0.39, 0.29) is 6.09 Å². The molecule has 5 heteroatoms. The summed E-state index contributed by atoms with van der Waals surface area (Å²) in [5.41, 5.74) is 3.08. The molecule has 0 saturated carbocycles. The molecule has 5 nitrogen and oxygen atoms in total. The Hall–Kier alpha value is -2.69. The Morgan fingerprint density at radius 2 is 1.74 bits per heavy atom. The van der Waals surface area contributed by atoms with Crippen molar-refractivity contribution >= 4 is 23.2 Å². The van der Waals surface area contributed by atoms with E-state index in [0.717, 1.165) is 28.4 Å². The highest BCUT2D eigenvalue weighted by Crippen LogP contribution is 2.39. The monoisotopic (exact) mass is 312 g/mol. The average Bonchev–Trinajstić information content (AvgIpc) is 2.53. The van der Waals surface area contributed by atoms with E-state index in [4.69, 9.17) is 9.47 Å². The molecule has 1 heterocycles. The van der Waals surface area contributed by atoms with Gasteiger partial charge in [-0.2, -0.15) is 0 Å². The first kappa shape index (κ1) is 15.2. The number of cyclic esters (lactones) is 1. The summed E-state index contributed by atoms with van der Waals surface area (Å²) in [6, 6.07) is 13.6. The number of nitrogens with one attached hydrogen (secondary N) is 1. The number of hydrogen-bond acceptors (Lipinski definition) is 4. The standard InChI is InChI=1S/C18H20N2O3/c1-18(2)15-11-13(7-10-16(15)20(3)17(21)23-18)19-12-5-8-14(22-4)9-6-12/h5-11,19H,1-4H3. The van der Waals surface area contributed by atoms with Crippen molar-refractivity contribution in [3.05, 3.63) is 48.0 Å². The van der Waals surface area contributed by atoms with Gasteiger partial charge in [0, 0.05) is 24.0 Å². The number of rotatable bonds is 3. The van der Waals surface area contributed by atoms with E-state index in [1.54, 1.807) is 14.2 Å². The molecule has 1 N–H and O–H groups in total. The van der Waals surface area contributed by atoms with E-state index >= 15 is 0 Å². The molecule has 120 valence electrons. The second-order valence-corrected chi connectivity index (χ2v) is 6.02. The Bertz CT molecular complexity index is 738. The van der Waals surface area contributed by atoms with Crippen LogP contribution in [-0.2, 0) is 10.3 Å². The largest absolute Gasteiger partial charge is 0.497 e. The van der Waals surface area contributed by atoms with Gasteiger partial charge in [-0.25, -0.2) is 4.79 Å². The van der Waals surface area contributed by atoms with Gasteiger partial charge in [-0.05, 0) is 56.3 Å². The first-order valence-electron chi connectivity index (χ1n) is 7.43. The molecule has 0 atom stereocenters. The summed E-state index contributed by atoms with van der Waals surface area (Å²) in [6.45, 7) is 3.79. The summed E-state index contributed by atoms with van der Waals surface area (Å²) >= 11 is 0. The number of methoxy groups -OCH3 is 1. The van der Waals surface area contributed by atoms with Crippen molar-refractivity contribution in [2.24, 2.45) is 0 Å². The van der Waals surface area contributed by atoms with Gasteiger partial charge in [-0.1, -0.05) is 0 Å². The van der Waals surface area contributed by atoms with Crippen LogP contribution in [-0.4, -0.2) is 20.3 Å². The third-order valence-corrected chi connectivity index (χ3v) is 4.00. The molecule has 3 rings (SSSR count). The molecule has 0 unspecified atom stereocenters. The van der Waals surface area contributed by atoms with Gasteiger partial charge in [0.1, 0.15) is 11.4 Å². The van der Waals surface area contributed by atoms with Gasteiger partial charge >= 0.3 is 6.09 Å². The van der Waals surface area contributed by atoms with Crippen LogP contribution in [0.15, 0.2) is 42.5 Å². The number of benzene rings is 2. The molecule has 0 spiro atoms. The van der Waals surface area contributed by atoms with E-state index in [0.29, 0.717) is 0 Å². The molecule has 0 saturated heterocycles. The first-order valence-corrected chi connectivity index (χ1v) is 7.43. The number of ether oxygens (including phenoxy) is 2. The van der Waals surface area contributed by atoms with Crippen molar-refractivity contribution < 1.29 is 14.3 Å². The Morgan fingerprint density at radius 3 is 2.39 bits per heavy atom. The zero-order chi connectivity index (χ0) is 16.6. The minimum atomic E-state index is -0.656. The highest BCUT2D eigenvalue weighted by Gasteiger charge is 2.36. The number of amides is 1. The third-order valence-electron chi connectivity index (χ3n) is 4.00. The molecule has 0 fully saturated rings. The molecule has 0 radical (unpaired) electrons. The molecule has 1 aliphatic rings. The van der Waals surface area contributed by atoms with Crippen molar-refractivity contribution in [3.8, 4) is 5.75 Å². The van der Waals surface area contributed by atoms with Gasteiger partial charge in [0.25, 0.3) is 0 Å². The molecule has 2 aromatic rings.